The number of nitrogens with two attached hydrogens (primary N) is 1. The van der Waals surface area contributed by atoms with E-state index in [1.807, 2.05) is 30.3 Å². The third-order valence-electron chi connectivity index (χ3n) is 2.60. The first-order chi connectivity index (χ1) is 8.94. The zero-order chi connectivity index (χ0) is 13.9. The van der Waals surface area contributed by atoms with Crippen LogP contribution in [0.1, 0.15) is 11.1 Å². The lowest BCUT2D eigenvalue weighted by Gasteiger charge is -2.06. The molecule has 0 radical (unpaired) electrons. The van der Waals surface area contributed by atoms with Crippen LogP contribution in [-0.4, -0.2) is 8.42 Å². The van der Waals surface area contributed by atoms with Crippen LogP contribution < -0.4 is 5.73 Å². The van der Waals surface area contributed by atoms with Crippen molar-refractivity contribution in [3.8, 4) is 0 Å². The second-order valence-electron chi connectivity index (χ2n) is 4.41. The third-order valence-corrected chi connectivity index (χ3v) is 4.60. The fourth-order valence-electron chi connectivity index (χ4n) is 1.89. The van der Waals surface area contributed by atoms with E-state index in [0.717, 1.165) is 10.0 Å². The van der Waals surface area contributed by atoms with Crippen molar-refractivity contribution in [3.05, 3.63) is 64.1 Å². The minimum atomic E-state index is -3.20. The Morgan fingerprint density at radius 3 is 2.21 bits per heavy atom. The molecular weight excluding hydrogens is 326 g/mol. The van der Waals surface area contributed by atoms with Crippen molar-refractivity contribution in [2.75, 3.05) is 5.73 Å². The Morgan fingerprint density at radius 1 is 0.947 bits per heavy atom. The van der Waals surface area contributed by atoms with Crippen LogP contribution in [-0.2, 0) is 21.3 Å². The summed E-state index contributed by atoms with van der Waals surface area (Å²) in [5.74, 6) is 0.0335. The monoisotopic (exact) mass is 339 g/mol. The maximum atomic E-state index is 12.1. The SMILES string of the molecule is Nc1cc(Br)cc(CS(=O)(=O)Cc2ccccc2)c1. The van der Waals surface area contributed by atoms with Crippen molar-refractivity contribution in [2.24, 2.45) is 0 Å². The highest BCUT2D eigenvalue weighted by Crippen LogP contribution is 2.20. The Balaban J connectivity index is 2.17. The standard InChI is InChI=1S/C14H14BrNO2S/c15-13-6-12(7-14(16)8-13)10-19(17,18)9-11-4-2-1-3-5-11/h1-8H,9-10,16H2. The van der Waals surface area contributed by atoms with Crippen LogP contribution >= 0.6 is 15.9 Å². The van der Waals surface area contributed by atoms with Gasteiger partial charge in [0.05, 0.1) is 11.5 Å². The molecule has 2 N–H and O–H groups in total. The lowest BCUT2D eigenvalue weighted by molar-refractivity contribution is 0.594. The number of halogens is 1. The second-order valence-corrected chi connectivity index (χ2v) is 7.39. The largest absolute Gasteiger partial charge is 0.399 e. The van der Waals surface area contributed by atoms with Gasteiger partial charge >= 0.3 is 0 Å². The van der Waals surface area contributed by atoms with E-state index in [2.05, 4.69) is 15.9 Å². The lowest BCUT2D eigenvalue weighted by Crippen LogP contribution is -2.08. The first-order valence-electron chi connectivity index (χ1n) is 5.74. The highest BCUT2D eigenvalue weighted by Gasteiger charge is 2.13. The Bertz CT molecular complexity index is 649. The number of benzene rings is 2. The van der Waals surface area contributed by atoms with Crippen LogP contribution in [0.3, 0.4) is 0 Å². The van der Waals surface area contributed by atoms with Gasteiger partial charge in [-0.1, -0.05) is 46.3 Å². The Labute approximate surface area is 121 Å². The summed E-state index contributed by atoms with van der Waals surface area (Å²) in [5.41, 5.74) is 7.75. The first kappa shape index (κ1) is 14.1. The van der Waals surface area contributed by atoms with Crippen LogP contribution in [0.2, 0.25) is 0 Å². The van der Waals surface area contributed by atoms with Crippen molar-refractivity contribution in [3.63, 3.8) is 0 Å². The quantitative estimate of drug-likeness (QED) is 0.870. The van der Waals surface area contributed by atoms with Gasteiger partial charge in [0.2, 0.25) is 0 Å². The van der Waals surface area contributed by atoms with Gasteiger partial charge in [-0.2, -0.15) is 0 Å². The van der Waals surface area contributed by atoms with E-state index in [-0.39, 0.29) is 11.5 Å². The van der Waals surface area contributed by atoms with Crippen LogP contribution in [0.15, 0.2) is 53.0 Å². The molecule has 0 aliphatic heterocycles. The summed E-state index contributed by atoms with van der Waals surface area (Å²) >= 11 is 3.31. The lowest BCUT2D eigenvalue weighted by atomic mass is 10.2. The van der Waals surface area contributed by atoms with Crippen LogP contribution in [0.5, 0.6) is 0 Å². The van der Waals surface area contributed by atoms with Crippen molar-refractivity contribution in [2.45, 2.75) is 11.5 Å². The van der Waals surface area contributed by atoms with Crippen LogP contribution in [0.4, 0.5) is 5.69 Å². The van der Waals surface area contributed by atoms with E-state index in [4.69, 9.17) is 5.73 Å². The van der Waals surface area contributed by atoms with Gasteiger partial charge in [-0.3, -0.25) is 0 Å². The molecule has 0 saturated carbocycles. The summed E-state index contributed by atoms with van der Waals surface area (Å²) in [5, 5.41) is 0. The van der Waals surface area contributed by atoms with E-state index in [1.165, 1.54) is 0 Å². The van der Waals surface area contributed by atoms with E-state index in [9.17, 15) is 8.42 Å². The third kappa shape index (κ3) is 4.36. The fraction of sp³-hybridized carbons (Fsp3) is 0.143. The molecule has 0 aliphatic rings. The molecule has 100 valence electrons. The molecule has 0 amide bonds. The van der Waals surface area contributed by atoms with Gasteiger partial charge in [-0.05, 0) is 29.3 Å². The van der Waals surface area contributed by atoms with E-state index in [0.29, 0.717) is 11.3 Å². The van der Waals surface area contributed by atoms with Gasteiger partial charge in [-0.15, -0.1) is 0 Å². The van der Waals surface area contributed by atoms with Gasteiger partial charge in [-0.25, -0.2) is 8.42 Å². The normalized spacial score (nSPS) is 11.4. The summed E-state index contributed by atoms with van der Waals surface area (Å²) in [4.78, 5) is 0. The summed E-state index contributed by atoms with van der Waals surface area (Å²) in [6.45, 7) is 0. The molecule has 19 heavy (non-hydrogen) atoms. The van der Waals surface area contributed by atoms with Gasteiger partial charge in [0.1, 0.15) is 0 Å². The fourth-order valence-corrected chi connectivity index (χ4v) is 3.93. The number of nitrogen functional groups attached to an aromatic ring is 1. The van der Waals surface area contributed by atoms with Gasteiger partial charge in [0, 0.05) is 10.2 Å². The number of rotatable bonds is 4. The molecule has 3 nitrogen and oxygen atoms in total. The molecule has 0 aliphatic carbocycles. The first-order valence-corrected chi connectivity index (χ1v) is 8.35. The predicted octanol–water partition coefficient (Wildman–Crippen LogP) is 3.15. The van der Waals surface area contributed by atoms with Crippen molar-refractivity contribution in [1.82, 2.24) is 0 Å². The smallest absolute Gasteiger partial charge is 0.158 e. The maximum Gasteiger partial charge on any atom is 0.158 e. The molecule has 0 saturated heterocycles. The van der Waals surface area contributed by atoms with Crippen molar-refractivity contribution < 1.29 is 8.42 Å². The molecular formula is C14H14BrNO2S. The predicted molar refractivity (Wildman–Crippen MR) is 81.3 cm³/mol. The molecule has 2 aromatic carbocycles. The number of anilines is 1. The molecule has 0 unspecified atom stereocenters. The summed E-state index contributed by atoms with van der Waals surface area (Å²) in [6, 6.07) is 14.4. The Morgan fingerprint density at radius 2 is 1.58 bits per heavy atom. The molecule has 0 heterocycles. The molecule has 0 aromatic heterocycles. The molecule has 0 bridgehead atoms. The van der Waals surface area contributed by atoms with Crippen LogP contribution in [0, 0.1) is 0 Å². The minimum absolute atomic E-state index is 0.00840. The molecule has 0 spiro atoms. The van der Waals surface area contributed by atoms with Gasteiger partial charge < -0.3 is 5.73 Å². The highest BCUT2D eigenvalue weighted by molar-refractivity contribution is 9.10. The molecule has 0 atom stereocenters. The number of sulfone groups is 1. The second kappa shape index (κ2) is 5.75. The average Bonchev–Trinajstić information content (AvgIpc) is 2.27. The number of hydrogen-bond acceptors (Lipinski definition) is 3. The van der Waals surface area contributed by atoms with E-state index in [1.54, 1.807) is 18.2 Å². The minimum Gasteiger partial charge on any atom is -0.399 e. The summed E-state index contributed by atoms with van der Waals surface area (Å²) in [6.07, 6.45) is 0. The molecule has 0 fully saturated rings. The summed E-state index contributed by atoms with van der Waals surface area (Å²) < 4.78 is 25.1. The molecule has 5 heteroatoms. The van der Waals surface area contributed by atoms with Crippen molar-refractivity contribution in [1.29, 1.82) is 0 Å². The zero-order valence-corrected chi connectivity index (χ0v) is 12.6. The topological polar surface area (TPSA) is 60.2 Å². The van der Waals surface area contributed by atoms with E-state index >= 15 is 0 Å². The Kier molecular flexibility index (Phi) is 4.27. The molecule has 2 aromatic rings. The maximum absolute atomic E-state index is 12.1. The Hall–Kier alpha value is -1.33. The molecule has 2 rings (SSSR count). The van der Waals surface area contributed by atoms with E-state index < -0.39 is 9.84 Å². The van der Waals surface area contributed by atoms with Gasteiger partial charge in [0.15, 0.2) is 9.84 Å². The van der Waals surface area contributed by atoms with Gasteiger partial charge in [0.25, 0.3) is 0 Å². The van der Waals surface area contributed by atoms with Crippen LogP contribution in [0.25, 0.3) is 0 Å². The van der Waals surface area contributed by atoms with Crippen molar-refractivity contribution >= 4 is 31.5 Å². The highest BCUT2D eigenvalue weighted by atomic mass is 79.9. The number of hydrogen-bond donors (Lipinski definition) is 1. The summed E-state index contributed by atoms with van der Waals surface area (Å²) in [7, 11) is -3.20. The zero-order valence-electron chi connectivity index (χ0n) is 10.2. The average molecular weight is 340 g/mol.